The molecule has 0 spiro atoms. The first kappa shape index (κ1) is 28.6. The van der Waals surface area contributed by atoms with Gasteiger partial charge in [0.25, 0.3) is 5.91 Å². The number of aliphatic hydroxyl groups is 1. The molecule has 0 aliphatic carbocycles. The van der Waals surface area contributed by atoms with Crippen LogP contribution >= 0.6 is 23.1 Å². The van der Waals surface area contributed by atoms with Gasteiger partial charge in [0.2, 0.25) is 10.9 Å². The van der Waals surface area contributed by atoms with Gasteiger partial charge in [0.05, 0.1) is 18.2 Å². The van der Waals surface area contributed by atoms with E-state index in [2.05, 4.69) is 41.4 Å². The zero-order valence-corrected chi connectivity index (χ0v) is 24.8. The molecule has 0 saturated heterocycles. The summed E-state index contributed by atoms with van der Waals surface area (Å²) in [6.07, 6.45) is 3.06. The number of hydrogen-bond acceptors (Lipinski definition) is 9. The number of rotatable bonds is 12. The molecule has 1 aliphatic heterocycles. The molecule has 3 heterocycles. The molecule has 2 aromatic heterocycles. The van der Waals surface area contributed by atoms with Crippen molar-refractivity contribution in [1.29, 1.82) is 0 Å². The fraction of sp³-hybridized carbons (Fsp3) is 0.290. The molecule has 1 unspecified atom stereocenters. The summed E-state index contributed by atoms with van der Waals surface area (Å²) in [5.74, 6) is -0.0203. The highest BCUT2D eigenvalue weighted by molar-refractivity contribution is 8.00. The third-order valence-corrected chi connectivity index (χ3v) is 8.82. The van der Waals surface area contributed by atoms with E-state index in [0.717, 1.165) is 24.8 Å². The van der Waals surface area contributed by atoms with Crippen LogP contribution in [-0.4, -0.2) is 33.6 Å². The minimum absolute atomic E-state index is 0.0438. The van der Waals surface area contributed by atoms with Gasteiger partial charge in [-0.25, -0.2) is 0 Å². The van der Waals surface area contributed by atoms with E-state index in [1.165, 1.54) is 33.6 Å². The summed E-state index contributed by atoms with van der Waals surface area (Å²) in [4.78, 5) is 28.5. The van der Waals surface area contributed by atoms with Gasteiger partial charge in [-0.05, 0) is 55.7 Å². The maximum Gasteiger partial charge on any atom is 0.296 e. The number of ketones is 1. The standard InChI is InChI=1S/C31H31N3O5S2/c1-4-5-6-16-38-23-9-7-8-22(17-23)26-25(27(35)24-15-12-20(3)39-24)28(36)29(37)34(26)30-32-33-31(41-30)40-18-21-13-10-19(2)11-14-21/h7-15,17,26,36H,4-6,16,18H2,1-3H3. The summed E-state index contributed by atoms with van der Waals surface area (Å²) in [6, 6.07) is 17.8. The van der Waals surface area contributed by atoms with Crippen molar-refractivity contribution in [3.63, 3.8) is 0 Å². The maximum absolute atomic E-state index is 13.6. The van der Waals surface area contributed by atoms with Crippen molar-refractivity contribution in [2.24, 2.45) is 0 Å². The molecule has 1 N–H and O–H groups in total. The highest BCUT2D eigenvalue weighted by Gasteiger charge is 2.46. The van der Waals surface area contributed by atoms with Crippen LogP contribution in [0.3, 0.4) is 0 Å². The van der Waals surface area contributed by atoms with Crippen LogP contribution in [0.25, 0.3) is 0 Å². The van der Waals surface area contributed by atoms with Crippen molar-refractivity contribution in [3.05, 3.63) is 100 Å². The minimum atomic E-state index is -0.942. The van der Waals surface area contributed by atoms with Crippen LogP contribution in [0.4, 0.5) is 5.13 Å². The lowest BCUT2D eigenvalue weighted by Crippen LogP contribution is -2.31. The van der Waals surface area contributed by atoms with Crippen molar-refractivity contribution in [1.82, 2.24) is 10.2 Å². The fourth-order valence-electron chi connectivity index (χ4n) is 4.54. The van der Waals surface area contributed by atoms with Crippen molar-refractivity contribution < 1.29 is 23.8 Å². The zero-order chi connectivity index (χ0) is 28.9. The predicted molar refractivity (Wildman–Crippen MR) is 160 cm³/mol. The number of unbranched alkanes of at least 4 members (excludes halogenated alkanes) is 2. The lowest BCUT2D eigenvalue weighted by Gasteiger charge is -2.24. The average Bonchev–Trinajstić information content (AvgIpc) is 3.69. The highest BCUT2D eigenvalue weighted by atomic mass is 32.2. The number of carbonyl (C=O) groups is 2. The number of benzene rings is 2. The van der Waals surface area contributed by atoms with Crippen LogP contribution in [0.15, 0.2) is 80.8 Å². The van der Waals surface area contributed by atoms with Crippen LogP contribution < -0.4 is 9.64 Å². The molecule has 0 radical (unpaired) electrons. The quantitative estimate of drug-likeness (QED) is 0.0789. The second-order valence-electron chi connectivity index (χ2n) is 9.83. The number of thioether (sulfide) groups is 1. The van der Waals surface area contributed by atoms with Crippen LogP contribution in [0.2, 0.25) is 0 Å². The van der Waals surface area contributed by atoms with Crippen molar-refractivity contribution in [2.75, 3.05) is 11.5 Å². The Morgan fingerprint density at radius 3 is 2.63 bits per heavy atom. The number of aryl methyl sites for hydroxylation is 2. The van der Waals surface area contributed by atoms with E-state index < -0.39 is 23.5 Å². The number of hydrogen-bond donors (Lipinski definition) is 1. The predicted octanol–water partition coefficient (Wildman–Crippen LogP) is 7.39. The number of ether oxygens (including phenoxy) is 1. The number of furan rings is 1. The molecule has 0 fully saturated rings. The Morgan fingerprint density at radius 2 is 1.90 bits per heavy atom. The summed E-state index contributed by atoms with van der Waals surface area (Å²) < 4.78 is 12.2. The van der Waals surface area contributed by atoms with Gasteiger partial charge < -0.3 is 14.3 Å². The molecule has 212 valence electrons. The summed E-state index contributed by atoms with van der Waals surface area (Å²) in [5, 5.41) is 19.9. The largest absolute Gasteiger partial charge is 0.503 e. The van der Waals surface area contributed by atoms with E-state index in [0.29, 0.717) is 33.8 Å². The molecule has 1 amide bonds. The van der Waals surface area contributed by atoms with Gasteiger partial charge in [-0.2, -0.15) is 0 Å². The van der Waals surface area contributed by atoms with Crippen molar-refractivity contribution in [3.8, 4) is 5.75 Å². The summed E-state index contributed by atoms with van der Waals surface area (Å²) in [6.45, 7) is 6.46. The van der Waals surface area contributed by atoms with Crippen LogP contribution in [0, 0.1) is 13.8 Å². The molecule has 0 bridgehead atoms. The normalized spacial score (nSPS) is 15.1. The van der Waals surface area contributed by atoms with Gasteiger partial charge in [0.1, 0.15) is 11.5 Å². The van der Waals surface area contributed by atoms with Gasteiger partial charge in [-0.15, -0.1) is 10.2 Å². The Labute approximate surface area is 247 Å². The number of amides is 1. The van der Waals surface area contributed by atoms with Gasteiger partial charge >= 0.3 is 0 Å². The molecule has 2 aromatic carbocycles. The first-order valence-corrected chi connectivity index (χ1v) is 15.3. The van der Waals surface area contributed by atoms with Crippen LogP contribution in [0.1, 0.15) is 65.2 Å². The number of anilines is 1. The van der Waals surface area contributed by atoms with Crippen molar-refractivity contribution >= 4 is 39.9 Å². The average molecular weight is 590 g/mol. The third kappa shape index (κ3) is 6.39. The third-order valence-electron chi connectivity index (χ3n) is 6.69. The molecule has 0 saturated carbocycles. The number of nitrogens with zero attached hydrogens (tertiary/aromatic N) is 3. The molecular weight excluding hydrogens is 558 g/mol. The lowest BCUT2D eigenvalue weighted by molar-refractivity contribution is -0.117. The number of carbonyl (C=O) groups excluding carboxylic acids is 2. The first-order chi connectivity index (χ1) is 19.9. The molecule has 4 aromatic rings. The maximum atomic E-state index is 13.6. The summed E-state index contributed by atoms with van der Waals surface area (Å²) in [5.41, 5.74) is 2.86. The van der Waals surface area contributed by atoms with Gasteiger partial charge in [-0.3, -0.25) is 14.5 Å². The Hall–Kier alpha value is -3.89. The molecule has 1 aliphatic rings. The van der Waals surface area contributed by atoms with Crippen LogP contribution in [0.5, 0.6) is 5.75 Å². The van der Waals surface area contributed by atoms with Crippen LogP contribution in [-0.2, 0) is 10.5 Å². The Morgan fingerprint density at radius 1 is 1.10 bits per heavy atom. The zero-order valence-electron chi connectivity index (χ0n) is 23.1. The Bertz CT molecular complexity index is 1570. The number of Topliss-reactive ketones (excluding diaryl/α,β-unsaturated/α-hetero) is 1. The monoisotopic (exact) mass is 589 g/mol. The van der Waals surface area contributed by atoms with E-state index >= 15 is 0 Å². The van der Waals surface area contributed by atoms with E-state index in [4.69, 9.17) is 9.15 Å². The van der Waals surface area contributed by atoms with E-state index in [9.17, 15) is 14.7 Å². The Balaban J connectivity index is 1.47. The molecular formula is C31H31N3O5S2. The number of aromatic nitrogens is 2. The number of aliphatic hydroxyl groups excluding tert-OH is 1. The second-order valence-corrected chi connectivity index (χ2v) is 12.0. The Kier molecular flexibility index (Phi) is 8.90. The lowest BCUT2D eigenvalue weighted by atomic mass is 9.95. The minimum Gasteiger partial charge on any atom is -0.503 e. The molecule has 8 nitrogen and oxygen atoms in total. The van der Waals surface area contributed by atoms with E-state index in [1.807, 2.05) is 19.1 Å². The fourth-order valence-corrected chi connectivity index (χ4v) is 6.37. The molecule has 41 heavy (non-hydrogen) atoms. The topological polar surface area (TPSA) is 106 Å². The molecule has 5 rings (SSSR count). The van der Waals surface area contributed by atoms with E-state index in [-0.39, 0.29) is 16.5 Å². The van der Waals surface area contributed by atoms with Gasteiger partial charge in [-0.1, -0.05) is 84.8 Å². The smallest absolute Gasteiger partial charge is 0.296 e. The molecule has 10 heteroatoms. The summed E-state index contributed by atoms with van der Waals surface area (Å²) >= 11 is 2.75. The molecule has 1 atom stereocenters. The second kappa shape index (κ2) is 12.7. The SMILES string of the molecule is CCCCCOc1cccc(C2C(C(=O)c3ccc(C)o3)=C(O)C(=O)N2c2nnc(SCc3ccc(C)cc3)s2)c1. The van der Waals surface area contributed by atoms with Crippen molar-refractivity contribution in [2.45, 2.75) is 56.2 Å². The summed E-state index contributed by atoms with van der Waals surface area (Å²) in [7, 11) is 0. The first-order valence-electron chi connectivity index (χ1n) is 13.5. The highest BCUT2D eigenvalue weighted by Crippen LogP contribution is 2.44. The van der Waals surface area contributed by atoms with E-state index in [1.54, 1.807) is 31.2 Å². The van der Waals surface area contributed by atoms with Gasteiger partial charge in [0, 0.05) is 5.75 Å². The van der Waals surface area contributed by atoms with Gasteiger partial charge in [0.15, 0.2) is 15.9 Å².